The molecule has 4 heterocycles. The normalized spacial score (nSPS) is 18.8. The summed E-state index contributed by atoms with van der Waals surface area (Å²) in [5, 5.41) is 8.44. The molecule has 0 fully saturated rings. The topological polar surface area (TPSA) is 64.9 Å². The molecule has 0 radical (unpaired) electrons. The molecule has 2 aromatic carbocycles. The van der Waals surface area contributed by atoms with Gasteiger partial charge in [-0.3, -0.25) is 4.98 Å². The van der Waals surface area contributed by atoms with Crippen LogP contribution in [0.2, 0.25) is 10.0 Å². The number of rotatable bonds is 2. The second-order valence-corrected chi connectivity index (χ2v) is 8.33. The van der Waals surface area contributed by atoms with Crippen molar-refractivity contribution in [2.75, 3.05) is 5.32 Å². The van der Waals surface area contributed by atoms with Crippen LogP contribution in [0, 0.1) is 5.82 Å². The lowest BCUT2D eigenvalue weighted by Gasteiger charge is -2.38. The molecule has 158 valence electrons. The van der Waals surface area contributed by atoms with Gasteiger partial charge in [-0.25, -0.2) is 9.07 Å². The van der Waals surface area contributed by atoms with E-state index in [2.05, 4.69) is 20.4 Å². The molecule has 0 spiro atoms. The number of hydrogen-bond acceptors (Lipinski definition) is 5. The zero-order valence-electron chi connectivity index (χ0n) is 16.3. The zero-order chi connectivity index (χ0) is 21.8. The Hall–Kier alpha value is -3.42. The first-order valence-electron chi connectivity index (χ1n) is 9.82. The third kappa shape index (κ3) is 2.97. The second kappa shape index (κ2) is 7.32. The summed E-state index contributed by atoms with van der Waals surface area (Å²) in [4.78, 5) is 8.67. The van der Waals surface area contributed by atoms with E-state index in [1.807, 2.05) is 18.2 Å². The molecule has 2 aliphatic heterocycles. The number of nitrogens with one attached hydrogen (secondary N) is 1. The van der Waals surface area contributed by atoms with Crippen molar-refractivity contribution >= 4 is 34.8 Å². The van der Waals surface area contributed by atoms with Crippen molar-refractivity contribution in [3.8, 4) is 5.75 Å². The highest BCUT2D eigenvalue weighted by molar-refractivity contribution is 6.31. The predicted molar refractivity (Wildman–Crippen MR) is 119 cm³/mol. The molecule has 6 rings (SSSR count). The maximum atomic E-state index is 14.4. The minimum absolute atomic E-state index is 0.0510. The summed E-state index contributed by atoms with van der Waals surface area (Å²) < 4.78 is 22.6. The van der Waals surface area contributed by atoms with Gasteiger partial charge in [0, 0.05) is 28.6 Å². The fourth-order valence-corrected chi connectivity index (χ4v) is 4.54. The molecule has 2 aromatic heterocycles. The van der Waals surface area contributed by atoms with Crippen LogP contribution < -0.4 is 10.1 Å². The number of anilines is 1. The quantitative estimate of drug-likeness (QED) is 0.412. The largest absolute Gasteiger partial charge is 0.480 e. The Morgan fingerprint density at radius 1 is 1.06 bits per heavy atom. The summed E-state index contributed by atoms with van der Waals surface area (Å²) in [7, 11) is 0. The van der Waals surface area contributed by atoms with E-state index in [9.17, 15) is 4.39 Å². The molecule has 4 aromatic rings. The van der Waals surface area contributed by atoms with Crippen LogP contribution in [0.5, 0.6) is 5.75 Å². The molecule has 0 amide bonds. The Morgan fingerprint density at radius 2 is 1.97 bits per heavy atom. The number of ether oxygens (including phenoxy) is 1. The Morgan fingerprint density at radius 3 is 2.78 bits per heavy atom. The Bertz CT molecular complexity index is 1390. The van der Waals surface area contributed by atoms with Gasteiger partial charge in [0.15, 0.2) is 0 Å². The summed E-state index contributed by atoms with van der Waals surface area (Å²) in [5.41, 5.74) is 3.94. The van der Waals surface area contributed by atoms with Crippen molar-refractivity contribution in [3.05, 3.63) is 105 Å². The predicted octanol–water partition coefficient (Wildman–Crippen LogP) is 5.68. The van der Waals surface area contributed by atoms with Crippen LogP contribution in [0.15, 0.2) is 72.8 Å². The molecule has 2 aliphatic rings. The Balaban J connectivity index is 1.64. The summed E-state index contributed by atoms with van der Waals surface area (Å²) in [6, 6.07) is 13.5. The standard InChI is InChI=1S/C23H14Cl2FN5O/c24-14-4-6-18-15(9-14)20-19(22(32-18)12-3-5-16(25)17(26)8-12)21(13-2-1-7-27-10-13)31-23(30-20)28-11-29-31/h1-11,21-22H,(H,28,29,30). The summed E-state index contributed by atoms with van der Waals surface area (Å²) in [5.74, 6) is 0.685. The van der Waals surface area contributed by atoms with E-state index in [-0.39, 0.29) is 11.1 Å². The van der Waals surface area contributed by atoms with Gasteiger partial charge in [-0.15, -0.1) is 0 Å². The second-order valence-electron chi connectivity index (χ2n) is 7.48. The number of fused-ring (bicyclic) bond motifs is 3. The molecule has 0 saturated carbocycles. The molecule has 2 atom stereocenters. The monoisotopic (exact) mass is 465 g/mol. The molecule has 1 N–H and O–H groups in total. The lowest BCUT2D eigenvalue weighted by molar-refractivity contribution is 0.222. The van der Waals surface area contributed by atoms with Crippen molar-refractivity contribution in [2.24, 2.45) is 0 Å². The molecule has 6 nitrogen and oxygen atoms in total. The minimum atomic E-state index is -0.611. The molecule has 9 heteroatoms. The highest BCUT2D eigenvalue weighted by Crippen LogP contribution is 2.51. The average molecular weight is 466 g/mol. The third-order valence-corrected chi connectivity index (χ3v) is 6.16. The van der Waals surface area contributed by atoms with Gasteiger partial charge in [-0.1, -0.05) is 35.3 Å². The van der Waals surface area contributed by atoms with E-state index in [0.717, 1.165) is 22.4 Å². The van der Waals surface area contributed by atoms with Crippen LogP contribution in [0.3, 0.4) is 0 Å². The number of benzene rings is 2. The highest BCUT2D eigenvalue weighted by atomic mass is 35.5. The molecule has 2 unspecified atom stereocenters. The first-order valence-corrected chi connectivity index (χ1v) is 10.6. The summed E-state index contributed by atoms with van der Waals surface area (Å²) >= 11 is 12.3. The van der Waals surface area contributed by atoms with E-state index >= 15 is 0 Å². The van der Waals surface area contributed by atoms with Gasteiger partial charge in [0.25, 0.3) is 0 Å². The molecule has 0 aliphatic carbocycles. The van der Waals surface area contributed by atoms with Gasteiger partial charge in [-0.05, 0) is 47.5 Å². The summed E-state index contributed by atoms with van der Waals surface area (Å²) in [6.07, 6.45) is 4.36. The van der Waals surface area contributed by atoms with E-state index < -0.39 is 11.9 Å². The first-order chi connectivity index (χ1) is 15.6. The number of nitrogens with zero attached hydrogens (tertiary/aromatic N) is 4. The SMILES string of the molecule is Fc1cc(C2Oc3ccc(Cl)cc3C3=C2C(c2cccnc2)n2ncnc2N3)ccc1Cl. The van der Waals surface area contributed by atoms with Crippen molar-refractivity contribution in [1.29, 1.82) is 0 Å². The molecular formula is C23H14Cl2FN5O. The maximum absolute atomic E-state index is 14.4. The van der Waals surface area contributed by atoms with Crippen molar-refractivity contribution < 1.29 is 9.13 Å². The van der Waals surface area contributed by atoms with Crippen molar-refractivity contribution in [1.82, 2.24) is 19.7 Å². The highest BCUT2D eigenvalue weighted by Gasteiger charge is 2.41. The molecule has 32 heavy (non-hydrogen) atoms. The average Bonchev–Trinajstić information content (AvgIpc) is 3.28. The lowest BCUT2D eigenvalue weighted by atomic mass is 9.85. The zero-order valence-corrected chi connectivity index (χ0v) is 17.8. The van der Waals surface area contributed by atoms with Gasteiger partial charge in [0.1, 0.15) is 30.0 Å². The van der Waals surface area contributed by atoms with Crippen molar-refractivity contribution in [3.63, 3.8) is 0 Å². The molecule has 0 saturated heterocycles. The van der Waals surface area contributed by atoms with Crippen molar-refractivity contribution in [2.45, 2.75) is 12.1 Å². The van der Waals surface area contributed by atoms with Crippen LogP contribution in [0.4, 0.5) is 10.3 Å². The van der Waals surface area contributed by atoms with Crippen LogP contribution >= 0.6 is 23.2 Å². The Kier molecular flexibility index (Phi) is 4.41. The number of pyridine rings is 1. The minimum Gasteiger partial charge on any atom is -0.480 e. The fourth-order valence-electron chi connectivity index (χ4n) is 4.25. The first kappa shape index (κ1) is 19.3. The van der Waals surface area contributed by atoms with Gasteiger partial charge in [0.05, 0.1) is 10.7 Å². The lowest BCUT2D eigenvalue weighted by Crippen LogP contribution is -2.32. The van der Waals surface area contributed by atoms with Crippen LogP contribution in [-0.4, -0.2) is 19.7 Å². The van der Waals surface area contributed by atoms with E-state index in [0.29, 0.717) is 22.3 Å². The molecule has 0 bridgehead atoms. The van der Waals surface area contributed by atoms with Gasteiger partial charge in [-0.2, -0.15) is 10.1 Å². The summed E-state index contributed by atoms with van der Waals surface area (Å²) in [6.45, 7) is 0. The fraction of sp³-hybridized carbons (Fsp3) is 0.0870. The maximum Gasteiger partial charge on any atom is 0.226 e. The number of halogens is 3. The van der Waals surface area contributed by atoms with E-state index in [1.165, 1.54) is 18.5 Å². The van der Waals surface area contributed by atoms with E-state index in [4.69, 9.17) is 27.9 Å². The Labute approximate surface area is 192 Å². The van der Waals surface area contributed by atoms with Crippen LogP contribution in [0.1, 0.15) is 28.8 Å². The number of aromatic nitrogens is 4. The van der Waals surface area contributed by atoms with Gasteiger partial charge < -0.3 is 10.1 Å². The molecular weight excluding hydrogens is 452 g/mol. The van der Waals surface area contributed by atoms with Gasteiger partial charge >= 0.3 is 0 Å². The third-order valence-electron chi connectivity index (χ3n) is 5.62. The van der Waals surface area contributed by atoms with Crippen LogP contribution in [0.25, 0.3) is 5.70 Å². The van der Waals surface area contributed by atoms with Gasteiger partial charge in [0.2, 0.25) is 5.95 Å². The van der Waals surface area contributed by atoms with E-state index in [1.54, 1.807) is 35.3 Å². The smallest absolute Gasteiger partial charge is 0.226 e. The number of hydrogen-bond donors (Lipinski definition) is 1. The van der Waals surface area contributed by atoms with Crippen LogP contribution in [-0.2, 0) is 0 Å².